The van der Waals surface area contributed by atoms with Gasteiger partial charge >= 0.3 is 6.09 Å². The van der Waals surface area contributed by atoms with E-state index >= 15 is 0 Å². The minimum atomic E-state index is -0.402. The van der Waals surface area contributed by atoms with Crippen LogP contribution in [-0.2, 0) is 4.74 Å². The van der Waals surface area contributed by atoms with Gasteiger partial charge in [0, 0.05) is 19.1 Å². The lowest BCUT2D eigenvalue weighted by Gasteiger charge is -2.34. The van der Waals surface area contributed by atoms with Crippen molar-refractivity contribution in [1.29, 1.82) is 0 Å². The standard InChI is InChI=1S/C17H33N3O2/c1-17(2,3)22-16(21)20-12-4-5-14(13-20)6-11-19-15-7-9-18-10-8-15/h14-15,18-19H,4-13H2,1-3H3. The molecule has 1 amide bonds. The molecule has 5 heteroatoms. The Morgan fingerprint density at radius 3 is 2.68 bits per heavy atom. The number of rotatable bonds is 4. The second kappa shape index (κ2) is 8.16. The molecule has 0 aromatic carbocycles. The Kier molecular flexibility index (Phi) is 6.50. The summed E-state index contributed by atoms with van der Waals surface area (Å²) < 4.78 is 5.49. The molecule has 0 bridgehead atoms. The summed E-state index contributed by atoms with van der Waals surface area (Å²) in [7, 11) is 0. The Hall–Kier alpha value is -0.810. The summed E-state index contributed by atoms with van der Waals surface area (Å²) in [6.45, 7) is 10.8. The smallest absolute Gasteiger partial charge is 0.410 e. The lowest BCUT2D eigenvalue weighted by molar-refractivity contribution is 0.0161. The average Bonchev–Trinajstić information content (AvgIpc) is 2.47. The Labute approximate surface area is 135 Å². The summed E-state index contributed by atoms with van der Waals surface area (Å²) in [5.41, 5.74) is -0.402. The number of carbonyl (C=O) groups is 1. The van der Waals surface area contributed by atoms with Crippen LogP contribution in [0.3, 0.4) is 0 Å². The molecule has 2 saturated heterocycles. The summed E-state index contributed by atoms with van der Waals surface area (Å²) in [6.07, 6.45) is 5.79. The van der Waals surface area contributed by atoms with Crippen LogP contribution in [0.25, 0.3) is 0 Å². The van der Waals surface area contributed by atoms with E-state index in [2.05, 4.69) is 10.6 Å². The molecule has 2 heterocycles. The molecule has 1 atom stereocenters. The molecule has 0 aromatic heterocycles. The van der Waals surface area contributed by atoms with Crippen LogP contribution in [0.2, 0.25) is 0 Å². The highest BCUT2D eigenvalue weighted by molar-refractivity contribution is 5.68. The van der Waals surface area contributed by atoms with Crippen molar-refractivity contribution >= 4 is 6.09 Å². The predicted octanol–water partition coefficient (Wildman–Crippen LogP) is 2.37. The maximum absolute atomic E-state index is 12.2. The van der Waals surface area contributed by atoms with Gasteiger partial charge in [-0.3, -0.25) is 0 Å². The highest BCUT2D eigenvalue weighted by Gasteiger charge is 2.27. The molecule has 5 nitrogen and oxygen atoms in total. The number of amides is 1. The van der Waals surface area contributed by atoms with E-state index in [1.807, 2.05) is 25.7 Å². The zero-order valence-electron chi connectivity index (χ0n) is 14.5. The highest BCUT2D eigenvalue weighted by Crippen LogP contribution is 2.21. The molecule has 1 unspecified atom stereocenters. The molecule has 0 spiro atoms. The molecule has 0 aromatic rings. The molecule has 2 rings (SSSR count). The first-order valence-electron chi connectivity index (χ1n) is 8.86. The van der Waals surface area contributed by atoms with Gasteiger partial charge < -0.3 is 20.3 Å². The van der Waals surface area contributed by atoms with Crippen molar-refractivity contribution in [3.8, 4) is 0 Å². The van der Waals surface area contributed by atoms with Crippen molar-refractivity contribution in [2.75, 3.05) is 32.7 Å². The van der Waals surface area contributed by atoms with Crippen LogP contribution < -0.4 is 10.6 Å². The maximum atomic E-state index is 12.2. The number of ether oxygens (including phenoxy) is 1. The number of hydrogen-bond acceptors (Lipinski definition) is 4. The monoisotopic (exact) mass is 311 g/mol. The lowest BCUT2D eigenvalue weighted by Crippen LogP contribution is -2.44. The number of nitrogens with zero attached hydrogens (tertiary/aromatic N) is 1. The zero-order valence-corrected chi connectivity index (χ0v) is 14.5. The molecule has 2 N–H and O–H groups in total. The lowest BCUT2D eigenvalue weighted by atomic mass is 9.94. The molecular weight excluding hydrogens is 278 g/mol. The summed E-state index contributed by atoms with van der Waals surface area (Å²) in [5.74, 6) is 0.607. The highest BCUT2D eigenvalue weighted by atomic mass is 16.6. The normalized spacial score (nSPS) is 24.3. The average molecular weight is 311 g/mol. The first kappa shape index (κ1) is 17.5. The summed E-state index contributed by atoms with van der Waals surface area (Å²) in [6, 6.07) is 0.673. The van der Waals surface area contributed by atoms with Crippen LogP contribution >= 0.6 is 0 Å². The van der Waals surface area contributed by atoms with E-state index in [9.17, 15) is 4.79 Å². The van der Waals surface area contributed by atoms with E-state index in [4.69, 9.17) is 4.74 Å². The third-order valence-corrected chi connectivity index (χ3v) is 4.50. The number of carbonyl (C=O) groups excluding carboxylic acids is 1. The number of nitrogens with one attached hydrogen (secondary N) is 2. The molecule has 22 heavy (non-hydrogen) atoms. The predicted molar refractivity (Wildman–Crippen MR) is 89.0 cm³/mol. The molecule has 2 fully saturated rings. The van der Waals surface area contributed by atoms with Crippen LogP contribution in [0, 0.1) is 5.92 Å². The van der Waals surface area contributed by atoms with E-state index in [-0.39, 0.29) is 6.09 Å². The van der Waals surface area contributed by atoms with E-state index < -0.39 is 5.60 Å². The second-order valence-corrected chi connectivity index (χ2v) is 7.70. The molecule has 0 aliphatic carbocycles. The molecule has 128 valence electrons. The van der Waals surface area contributed by atoms with Crippen molar-refractivity contribution in [2.24, 2.45) is 5.92 Å². The van der Waals surface area contributed by atoms with Gasteiger partial charge in [-0.1, -0.05) is 0 Å². The van der Waals surface area contributed by atoms with Gasteiger partial charge in [-0.25, -0.2) is 4.79 Å². The van der Waals surface area contributed by atoms with Crippen molar-refractivity contribution in [3.63, 3.8) is 0 Å². The molecule has 2 aliphatic rings. The minimum absolute atomic E-state index is 0.150. The molecule has 0 radical (unpaired) electrons. The van der Waals surface area contributed by atoms with Gasteiger partial charge in [0.25, 0.3) is 0 Å². The van der Waals surface area contributed by atoms with Crippen LogP contribution in [0.1, 0.15) is 52.9 Å². The minimum Gasteiger partial charge on any atom is -0.444 e. The largest absolute Gasteiger partial charge is 0.444 e. The van der Waals surface area contributed by atoms with Crippen LogP contribution in [0.4, 0.5) is 4.79 Å². The molecule has 0 saturated carbocycles. The van der Waals surface area contributed by atoms with Gasteiger partial charge in [0.15, 0.2) is 0 Å². The first-order chi connectivity index (χ1) is 10.4. The number of piperidine rings is 2. The molecule has 2 aliphatic heterocycles. The third-order valence-electron chi connectivity index (χ3n) is 4.50. The van der Waals surface area contributed by atoms with Crippen LogP contribution in [-0.4, -0.2) is 55.4 Å². The van der Waals surface area contributed by atoms with Crippen molar-refractivity contribution in [1.82, 2.24) is 15.5 Å². The zero-order chi connectivity index (χ0) is 16.0. The molecular formula is C17H33N3O2. The van der Waals surface area contributed by atoms with Gasteiger partial charge in [0.05, 0.1) is 0 Å². The number of likely N-dealkylation sites (tertiary alicyclic amines) is 1. The fraction of sp³-hybridized carbons (Fsp3) is 0.941. The van der Waals surface area contributed by atoms with Gasteiger partial charge in [-0.15, -0.1) is 0 Å². The third kappa shape index (κ3) is 6.13. The Morgan fingerprint density at radius 2 is 2.00 bits per heavy atom. The second-order valence-electron chi connectivity index (χ2n) is 7.70. The van der Waals surface area contributed by atoms with Gasteiger partial charge in [-0.05, 0) is 78.4 Å². The topological polar surface area (TPSA) is 53.6 Å². The van der Waals surface area contributed by atoms with E-state index in [0.717, 1.165) is 45.6 Å². The SMILES string of the molecule is CC(C)(C)OC(=O)N1CCCC(CCNC2CCNCC2)C1. The fourth-order valence-corrected chi connectivity index (χ4v) is 3.31. The van der Waals surface area contributed by atoms with Crippen molar-refractivity contribution < 1.29 is 9.53 Å². The summed E-state index contributed by atoms with van der Waals surface area (Å²) in [4.78, 5) is 14.1. The fourth-order valence-electron chi connectivity index (χ4n) is 3.31. The maximum Gasteiger partial charge on any atom is 0.410 e. The quantitative estimate of drug-likeness (QED) is 0.837. The van der Waals surface area contributed by atoms with Crippen LogP contribution in [0.15, 0.2) is 0 Å². The van der Waals surface area contributed by atoms with Crippen LogP contribution in [0.5, 0.6) is 0 Å². The van der Waals surface area contributed by atoms with E-state index in [1.165, 1.54) is 19.3 Å². The van der Waals surface area contributed by atoms with Gasteiger partial charge in [0.2, 0.25) is 0 Å². The van der Waals surface area contributed by atoms with E-state index in [0.29, 0.717) is 12.0 Å². The summed E-state index contributed by atoms with van der Waals surface area (Å²) in [5, 5.41) is 7.07. The van der Waals surface area contributed by atoms with Gasteiger partial charge in [-0.2, -0.15) is 0 Å². The van der Waals surface area contributed by atoms with Gasteiger partial charge in [0.1, 0.15) is 5.60 Å². The summed E-state index contributed by atoms with van der Waals surface area (Å²) >= 11 is 0. The van der Waals surface area contributed by atoms with E-state index in [1.54, 1.807) is 0 Å². The first-order valence-corrected chi connectivity index (χ1v) is 8.86. The Bertz CT molecular complexity index is 348. The van der Waals surface area contributed by atoms with Crippen molar-refractivity contribution in [2.45, 2.75) is 64.5 Å². The Balaban J connectivity index is 1.67. The Morgan fingerprint density at radius 1 is 1.27 bits per heavy atom. The number of hydrogen-bond donors (Lipinski definition) is 2. The van der Waals surface area contributed by atoms with Crippen molar-refractivity contribution in [3.05, 3.63) is 0 Å².